The molecule has 2 heterocycles. The van der Waals surface area contributed by atoms with Crippen molar-refractivity contribution in [3.63, 3.8) is 0 Å². The molecule has 1 aliphatic heterocycles. The number of fused-ring (bicyclic) bond motifs is 1. The second-order valence-electron chi connectivity index (χ2n) is 6.25. The van der Waals surface area contributed by atoms with Crippen molar-refractivity contribution in [2.75, 3.05) is 18.8 Å². The summed E-state index contributed by atoms with van der Waals surface area (Å²) in [5.41, 5.74) is 9.08. The van der Waals surface area contributed by atoms with Crippen LogP contribution in [-0.4, -0.2) is 23.0 Å². The zero-order valence-corrected chi connectivity index (χ0v) is 12.3. The predicted octanol–water partition coefficient (Wildman–Crippen LogP) is 3.29. The van der Waals surface area contributed by atoms with E-state index in [1.54, 1.807) is 0 Å². The normalized spacial score (nSPS) is 20.1. The SMILES string of the molecule is CC(C)C1CCN(Cc2cc(N)c3ccccc3n2)C1. The van der Waals surface area contributed by atoms with E-state index in [-0.39, 0.29) is 0 Å². The molecule has 2 N–H and O–H groups in total. The average Bonchev–Trinajstić information content (AvgIpc) is 2.87. The molecule has 0 amide bonds. The minimum Gasteiger partial charge on any atom is -0.398 e. The average molecular weight is 269 g/mol. The van der Waals surface area contributed by atoms with Gasteiger partial charge in [-0.3, -0.25) is 9.88 Å². The van der Waals surface area contributed by atoms with E-state index >= 15 is 0 Å². The van der Waals surface area contributed by atoms with Gasteiger partial charge in [-0.05, 0) is 36.9 Å². The van der Waals surface area contributed by atoms with Crippen LogP contribution in [0.1, 0.15) is 26.0 Å². The van der Waals surface area contributed by atoms with Gasteiger partial charge in [0.2, 0.25) is 0 Å². The molecule has 1 saturated heterocycles. The Bertz CT molecular complexity index is 606. The summed E-state index contributed by atoms with van der Waals surface area (Å²) >= 11 is 0. The lowest BCUT2D eigenvalue weighted by Gasteiger charge is -2.18. The highest BCUT2D eigenvalue weighted by molar-refractivity contribution is 5.90. The lowest BCUT2D eigenvalue weighted by Crippen LogP contribution is -2.22. The lowest BCUT2D eigenvalue weighted by molar-refractivity contribution is 0.294. The molecule has 2 aromatic rings. The van der Waals surface area contributed by atoms with E-state index in [9.17, 15) is 0 Å². The molecule has 3 nitrogen and oxygen atoms in total. The summed E-state index contributed by atoms with van der Waals surface area (Å²) < 4.78 is 0. The number of nitrogens with two attached hydrogens (primary N) is 1. The molecule has 1 aromatic heterocycles. The van der Waals surface area contributed by atoms with Gasteiger partial charge in [0.15, 0.2) is 0 Å². The lowest BCUT2D eigenvalue weighted by atomic mass is 9.95. The van der Waals surface area contributed by atoms with Gasteiger partial charge < -0.3 is 5.73 Å². The molecule has 106 valence electrons. The number of hydrogen-bond acceptors (Lipinski definition) is 3. The Labute approximate surface area is 120 Å². The largest absolute Gasteiger partial charge is 0.398 e. The molecule has 1 aromatic carbocycles. The molecular weight excluding hydrogens is 246 g/mol. The summed E-state index contributed by atoms with van der Waals surface area (Å²) in [7, 11) is 0. The summed E-state index contributed by atoms with van der Waals surface area (Å²) in [5.74, 6) is 1.60. The summed E-state index contributed by atoms with van der Waals surface area (Å²) in [5, 5.41) is 1.05. The van der Waals surface area contributed by atoms with Crippen LogP contribution in [0.5, 0.6) is 0 Å². The number of rotatable bonds is 3. The van der Waals surface area contributed by atoms with Gasteiger partial charge in [0.05, 0.1) is 11.2 Å². The van der Waals surface area contributed by atoms with Gasteiger partial charge in [0.1, 0.15) is 0 Å². The van der Waals surface area contributed by atoms with Gasteiger partial charge in [-0.2, -0.15) is 0 Å². The van der Waals surface area contributed by atoms with Crippen LogP contribution in [0.3, 0.4) is 0 Å². The third kappa shape index (κ3) is 2.63. The highest BCUT2D eigenvalue weighted by atomic mass is 15.2. The minimum atomic E-state index is 0.773. The van der Waals surface area contributed by atoms with E-state index in [2.05, 4.69) is 18.7 Å². The number of likely N-dealkylation sites (tertiary alicyclic amines) is 1. The smallest absolute Gasteiger partial charge is 0.0726 e. The van der Waals surface area contributed by atoms with Crippen molar-refractivity contribution in [1.29, 1.82) is 0 Å². The first-order valence-corrected chi connectivity index (χ1v) is 7.50. The fourth-order valence-corrected chi connectivity index (χ4v) is 3.12. The monoisotopic (exact) mass is 269 g/mol. The first-order chi connectivity index (χ1) is 9.63. The van der Waals surface area contributed by atoms with E-state index < -0.39 is 0 Å². The molecule has 20 heavy (non-hydrogen) atoms. The van der Waals surface area contributed by atoms with E-state index in [1.807, 2.05) is 30.3 Å². The van der Waals surface area contributed by atoms with Crippen LogP contribution in [0.25, 0.3) is 10.9 Å². The van der Waals surface area contributed by atoms with Crippen LogP contribution < -0.4 is 5.73 Å². The van der Waals surface area contributed by atoms with E-state index in [0.29, 0.717) is 0 Å². The van der Waals surface area contributed by atoms with Crippen LogP contribution in [0.15, 0.2) is 30.3 Å². The van der Waals surface area contributed by atoms with E-state index in [0.717, 1.165) is 40.7 Å². The van der Waals surface area contributed by atoms with Crippen LogP contribution >= 0.6 is 0 Å². The molecule has 0 saturated carbocycles. The maximum Gasteiger partial charge on any atom is 0.0726 e. The highest BCUT2D eigenvalue weighted by Gasteiger charge is 2.25. The zero-order valence-electron chi connectivity index (χ0n) is 12.3. The number of benzene rings is 1. The molecule has 0 aliphatic carbocycles. The molecule has 0 bridgehead atoms. The second kappa shape index (κ2) is 5.41. The third-order valence-corrected chi connectivity index (χ3v) is 4.44. The Kier molecular flexibility index (Phi) is 3.62. The van der Waals surface area contributed by atoms with Crippen LogP contribution in [-0.2, 0) is 6.54 Å². The number of anilines is 1. The number of nitrogen functional groups attached to an aromatic ring is 1. The van der Waals surface area contributed by atoms with Crippen molar-refractivity contribution in [3.8, 4) is 0 Å². The summed E-state index contributed by atoms with van der Waals surface area (Å²) in [6, 6.07) is 10.1. The maximum atomic E-state index is 6.15. The van der Waals surface area contributed by atoms with Crippen molar-refractivity contribution in [2.24, 2.45) is 11.8 Å². The van der Waals surface area contributed by atoms with Crippen molar-refractivity contribution >= 4 is 16.6 Å². The van der Waals surface area contributed by atoms with Crippen molar-refractivity contribution < 1.29 is 0 Å². The summed E-state index contributed by atoms with van der Waals surface area (Å²) in [6.07, 6.45) is 1.31. The number of aromatic nitrogens is 1. The zero-order chi connectivity index (χ0) is 14.1. The molecule has 1 fully saturated rings. The maximum absolute atomic E-state index is 6.15. The Morgan fingerprint density at radius 3 is 2.90 bits per heavy atom. The fraction of sp³-hybridized carbons (Fsp3) is 0.471. The minimum absolute atomic E-state index is 0.773. The molecule has 0 spiro atoms. The molecule has 1 atom stereocenters. The molecule has 3 heteroatoms. The van der Waals surface area contributed by atoms with Gasteiger partial charge in [-0.25, -0.2) is 0 Å². The molecule has 1 aliphatic rings. The fourth-order valence-electron chi connectivity index (χ4n) is 3.12. The Hall–Kier alpha value is -1.61. The van der Waals surface area contributed by atoms with Gasteiger partial charge in [-0.1, -0.05) is 32.0 Å². The third-order valence-electron chi connectivity index (χ3n) is 4.44. The van der Waals surface area contributed by atoms with Gasteiger partial charge in [0, 0.05) is 24.2 Å². The number of para-hydroxylation sites is 1. The Morgan fingerprint density at radius 1 is 1.35 bits per heavy atom. The number of nitrogens with zero attached hydrogens (tertiary/aromatic N) is 2. The molecule has 0 radical (unpaired) electrons. The predicted molar refractivity (Wildman–Crippen MR) is 84.4 cm³/mol. The van der Waals surface area contributed by atoms with Crippen LogP contribution in [0.2, 0.25) is 0 Å². The second-order valence-corrected chi connectivity index (χ2v) is 6.25. The first-order valence-electron chi connectivity index (χ1n) is 7.50. The quantitative estimate of drug-likeness (QED) is 0.929. The topological polar surface area (TPSA) is 42.1 Å². The highest BCUT2D eigenvalue weighted by Crippen LogP contribution is 2.26. The molecule has 3 rings (SSSR count). The summed E-state index contributed by atoms with van der Waals surface area (Å²) in [4.78, 5) is 7.25. The Morgan fingerprint density at radius 2 is 2.15 bits per heavy atom. The number of pyridine rings is 1. The van der Waals surface area contributed by atoms with Gasteiger partial charge in [0.25, 0.3) is 0 Å². The van der Waals surface area contributed by atoms with Crippen molar-refractivity contribution in [1.82, 2.24) is 9.88 Å². The van der Waals surface area contributed by atoms with Crippen LogP contribution in [0.4, 0.5) is 5.69 Å². The first kappa shape index (κ1) is 13.4. The number of hydrogen-bond donors (Lipinski definition) is 1. The van der Waals surface area contributed by atoms with E-state index in [4.69, 9.17) is 10.7 Å². The van der Waals surface area contributed by atoms with Gasteiger partial charge in [-0.15, -0.1) is 0 Å². The molecule has 1 unspecified atom stereocenters. The van der Waals surface area contributed by atoms with Crippen LogP contribution in [0, 0.1) is 11.8 Å². The van der Waals surface area contributed by atoms with Gasteiger partial charge >= 0.3 is 0 Å². The standard InChI is InChI=1S/C17H23N3/c1-12(2)13-7-8-20(10-13)11-14-9-16(18)15-5-3-4-6-17(15)19-14/h3-6,9,12-13H,7-8,10-11H2,1-2H3,(H2,18,19). The summed E-state index contributed by atoms with van der Waals surface area (Å²) in [6.45, 7) is 7.92. The molecular formula is C17H23N3. The van der Waals surface area contributed by atoms with E-state index in [1.165, 1.54) is 19.5 Å². The van der Waals surface area contributed by atoms with Crippen molar-refractivity contribution in [3.05, 3.63) is 36.0 Å². The Balaban J connectivity index is 1.78. The van der Waals surface area contributed by atoms with Crippen molar-refractivity contribution in [2.45, 2.75) is 26.8 Å².